The summed E-state index contributed by atoms with van der Waals surface area (Å²) in [5, 5.41) is 3.34. The molecule has 0 aromatic carbocycles. The molecule has 0 aliphatic carbocycles. The van der Waals surface area contributed by atoms with E-state index in [2.05, 4.69) is 42.8 Å². The van der Waals surface area contributed by atoms with E-state index in [1.165, 1.54) is 38.0 Å². The monoisotopic (exact) mass is 278 g/mol. The smallest absolute Gasteiger partial charge is 0.0174 e. The molecule has 116 valence electrons. The summed E-state index contributed by atoms with van der Waals surface area (Å²) in [4.78, 5) is 2.59. The molecule has 0 aromatic heterocycles. The molecule has 1 N–H and O–H groups in total. The number of nitrogens with one attached hydrogen (secondary N) is 1. The first-order valence-corrected chi connectivity index (χ1v) is 8.00. The second-order valence-corrected chi connectivity index (χ2v) is 5.67. The predicted molar refractivity (Wildman–Crippen MR) is 91.9 cm³/mol. The highest BCUT2D eigenvalue weighted by atomic mass is 15.1. The average molecular weight is 278 g/mol. The molecule has 0 aromatic rings. The Hall–Kier alpha value is -1.02. The van der Waals surface area contributed by atoms with Crippen LogP contribution in [-0.2, 0) is 0 Å². The molecule has 0 bridgehead atoms. The topological polar surface area (TPSA) is 15.3 Å². The summed E-state index contributed by atoms with van der Waals surface area (Å²) in [6.07, 6.45) is 12.1. The van der Waals surface area contributed by atoms with E-state index in [-0.39, 0.29) is 5.41 Å². The van der Waals surface area contributed by atoms with Gasteiger partial charge in [-0.2, -0.15) is 0 Å². The minimum atomic E-state index is 0.164. The zero-order valence-corrected chi connectivity index (χ0v) is 14.2. The first kappa shape index (κ1) is 19.0. The van der Waals surface area contributed by atoms with E-state index >= 15 is 0 Å². The number of allylic oxidation sites excluding steroid dienone is 4. The molecule has 0 saturated carbocycles. The fourth-order valence-electron chi connectivity index (χ4n) is 2.64. The van der Waals surface area contributed by atoms with Crippen molar-refractivity contribution in [1.29, 1.82) is 0 Å². The summed E-state index contributed by atoms with van der Waals surface area (Å²) >= 11 is 0. The van der Waals surface area contributed by atoms with Crippen molar-refractivity contribution in [1.82, 2.24) is 10.2 Å². The number of likely N-dealkylation sites (tertiary alicyclic amines) is 1. The number of hydrogen-bond acceptors (Lipinski definition) is 2. The van der Waals surface area contributed by atoms with Gasteiger partial charge in [0.1, 0.15) is 0 Å². The van der Waals surface area contributed by atoms with Crippen molar-refractivity contribution < 1.29 is 0 Å². The highest BCUT2D eigenvalue weighted by Crippen LogP contribution is 2.26. The van der Waals surface area contributed by atoms with Crippen LogP contribution in [0.4, 0.5) is 0 Å². The maximum atomic E-state index is 3.69. The minimum absolute atomic E-state index is 0.164. The lowest BCUT2D eigenvalue weighted by atomic mass is 9.87. The summed E-state index contributed by atoms with van der Waals surface area (Å²) in [7, 11) is 2.01. The van der Waals surface area contributed by atoms with Crippen LogP contribution in [0.3, 0.4) is 0 Å². The summed E-state index contributed by atoms with van der Waals surface area (Å²) in [6, 6.07) is 0. The normalized spacial score (nSPS) is 17.6. The molecule has 2 heteroatoms. The summed E-state index contributed by atoms with van der Waals surface area (Å²) in [5.41, 5.74) is 1.45. The van der Waals surface area contributed by atoms with E-state index in [9.17, 15) is 0 Å². The Morgan fingerprint density at radius 2 is 1.75 bits per heavy atom. The summed E-state index contributed by atoms with van der Waals surface area (Å²) < 4.78 is 0. The molecule has 1 aliphatic heterocycles. The number of nitrogens with zero attached hydrogens (tertiary/aromatic N) is 1. The average Bonchev–Trinajstić information content (AvgIpc) is 2.46. The van der Waals surface area contributed by atoms with Crippen LogP contribution in [0.25, 0.3) is 0 Å². The predicted octanol–water partition coefficient (Wildman–Crippen LogP) is 4.37. The quantitative estimate of drug-likeness (QED) is 0.726. The third-order valence-corrected chi connectivity index (χ3v) is 3.58. The zero-order chi connectivity index (χ0) is 15.4. The molecule has 2 nitrogen and oxygen atoms in total. The fraction of sp³-hybridized carbons (Fsp3) is 0.667. The van der Waals surface area contributed by atoms with Crippen LogP contribution >= 0.6 is 0 Å². The highest BCUT2D eigenvalue weighted by Gasteiger charge is 2.26. The van der Waals surface area contributed by atoms with Gasteiger partial charge in [0.05, 0.1) is 0 Å². The number of rotatable bonds is 6. The van der Waals surface area contributed by atoms with Crippen molar-refractivity contribution in [2.45, 2.75) is 47.0 Å². The second kappa shape index (κ2) is 10.7. The largest absolute Gasteiger partial charge is 0.391 e. The van der Waals surface area contributed by atoms with Crippen LogP contribution in [0.5, 0.6) is 0 Å². The molecule has 20 heavy (non-hydrogen) atoms. The van der Waals surface area contributed by atoms with Crippen LogP contribution < -0.4 is 5.32 Å². The second-order valence-electron chi connectivity index (χ2n) is 5.67. The Balaban J connectivity index is 0.00000172. The molecule has 0 amide bonds. The van der Waals surface area contributed by atoms with Crippen molar-refractivity contribution >= 4 is 0 Å². The molecular formula is C18H34N2. The summed E-state index contributed by atoms with van der Waals surface area (Å²) in [5.74, 6) is 0. The van der Waals surface area contributed by atoms with Crippen LogP contribution in [0, 0.1) is 5.41 Å². The van der Waals surface area contributed by atoms with Crippen LogP contribution in [0.2, 0.25) is 0 Å². The van der Waals surface area contributed by atoms with Gasteiger partial charge in [0.15, 0.2) is 0 Å². The van der Waals surface area contributed by atoms with Gasteiger partial charge in [-0.05, 0) is 32.0 Å². The van der Waals surface area contributed by atoms with Crippen molar-refractivity contribution in [3.8, 4) is 0 Å². The van der Waals surface area contributed by atoms with Gasteiger partial charge in [0, 0.05) is 24.7 Å². The van der Waals surface area contributed by atoms with Gasteiger partial charge in [-0.3, -0.25) is 0 Å². The molecule has 1 rings (SSSR count). The lowest BCUT2D eigenvalue weighted by molar-refractivity contribution is 0.169. The Kier molecular flexibility index (Phi) is 10.2. The van der Waals surface area contributed by atoms with E-state index in [1.807, 2.05) is 27.0 Å². The molecule has 1 aliphatic rings. The Labute approximate surface area is 126 Å². The molecule has 1 fully saturated rings. The molecule has 1 heterocycles. The SMILES string of the molecule is C=C/C=C\C=C(/NC)C(C)(C)CN1CCCCC1.CC. The Morgan fingerprint density at radius 1 is 1.15 bits per heavy atom. The molecular weight excluding hydrogens is 244 g/mol. The molecule has 0 radical (unpaired) electrons. The highest BCUT2D eigenvalue weighted by molar-refractivity contribution is 5.19. The number of piperidine rings is 1. The number of hydrogen-bond donors (Lipinski definition) is 1. The van der Waals surface area contributed by atoms with Crippen molar-refractivity contribution in [3.63, 3.8) is 0 Å². The Morgan fingerprint density at radius 3 is 2.25 bits per heavy atom. The fourth-order valence-corrected chi connectivity index (χ4v) is 2.64. The standard InChI is InChI=1S/C16H28N2.C2H6/c1-5-6-8-11-15(17-4)16(2,3)14-18-12-9-7-10-13-18;1-2/h5-6,8,11,17H,1,7,9-10,12-14H2,2-4H3;1-2H3/b8-6-,15-11-;. The molecule has 1 saturated heterocycles. The van der Waals surface area contributed by atoms with Gasteiger partial charge in [-0.15, -0.1) is 0 Å². The lowest BCUT2D eigenvalue weighted by Gasteiger charge is -2.36. The van der Waals surface area contributed by atoms with E-state index < -0.39 is 0 Å². The summed E-state index contributed by atoms with van der Waals surface area (Å²) in [6.45, 7) is 15.9. The third-order valence-electron chi connectivity index (χ3n) is 3.58. The van der Waals surface area contributed by atoms with Gasteiger partial charge >= 0.3 is 0 Å². The zero-order valence-electron chi connectivity index (χ0n) is 14.2. The maximum Gasteiger partial charge on any atom is 0.0174 e. The van der Waals surface area contributed by atoms with Gasteiger partial charge < -0.3 is 10.2 Å². The van der Waals surface area contributed by atoms with E-state index in [0.29, 0.717) is 0 Å². The first-order valence-electron chi connectivity index (χ1n) is 8.00. The Bertz CT molecular complexity index is 307. The third kappa shape index (κ3) is 6.95. The molecule has 0 spiro atoms. The van der Waals surface area contributed by atoms with Crippen molar-refractivity contribution in [2.75, 3.05) is 26.7 Å². The first-order chi connectivity index (χ1) is 9.60. The van der Waals surface area contributed by atoms with Gasteiger partial charge in [0.2, 0.25) is 0 Å². The molecule has 0 atom stereocenters. The van der Waals surface area contributed by atoms with E-state index in [4.69, 9.17) is 0 Å². The van der Waals surface area contributed by atoms with Gasteiger partial charge in [-0.1, -0.05) is 58.9 Å². The van der Waals surface area contributed by atoms with Crippen LogP contribution in [-0.4, -0.2) is 31.6 Å². The van der Waals surface area contributed by atoms with E-state index in [1.54, 1.807) is 6.08 Å². The van der Waals surface area contributed by atoms with Crippen molar-refractivity contribution in [3.05, 3.63) is 36.6 Å². The van der Waals surface area contributed by atoms with Crippen LogP contribution in [0.15, 0.2) is 36.6 Å². The molecule has 0 unspecified atom stereocenters. The van der Waals surface area contributed by atoms with Crippen LogP contribution in [0.1, 0.15) is 47.0 Å². The van der Waals surface area contributed by atoms with Gasteiger partial charge in [0.25, 0.3) is 0 Å². The van der Waals surface area contributed by atoms with Gasteiger partial charge in [-0.25, -0.2) is 0 Å². The van der Waals surface area contributed by atoms with E-state index in [0.717, 1.165) is 6.54 Å². The lowest BCUT2D eigenvalue weighted by Crippen LogP contribution is -2.40. The minimum Gasteiger partial charge on any atom is -0.391 e. The maximum absolute atomic E-state index is 3.69. The van der Waals surface area contributed by atoms with Crippen molar-refractivity contribution in [2.24, 2.45) is 5.41 Å².